The van der Waals surface area contributed by atoms with Gasteiger partial charge in [0.2, 0.25) is 0 Å². The van der Waals surface area contributed by atoms with E-state index in [0.717, 1.165) is 22.4 Å². The van der Waals surface area contributed by atoms with Gasteiger partial charge in [-0.3, -0.25) is 9.78 Å². The van der Waals surface area contributed by atoms with Crippen molar-refractivity contribution in [2.75, 3.05) is 0 Å². The minimum absolute atomic E-state index is 0.0201. The molecule has 0 aliphatic rings. The molecule has 2 aromatic heterocycles. The van der Waals surface area contributed by atoms with Gasteiger partial charge in [0, 0.05) is 47.8 Å². The predicted molar refractivity (Wildman–Crippen MR) is 118 cm³/mol. The van der Waals surface area contributed by atoms with Crippen LogP contribution in [0, 0.1) is 13.8 Å². The number of carbonyl (C=O) groups is 1. The fourth-order valence-corrected chi connectivity index (χ4v) is 3.76. The van der Waals surface area contributed by atoms with Crippen LogP contribution >= 0.6 is 0 Å². The number of pyridine rings is 1. The number of aromatic nitrogens is 3. The van der Waals surface area contributed by atoms with Crippen LogP contribution in [0.15, 0.2) is 85.6 Å². The molecule has 0 N–H and O–H groups in total. The van der Waals surface area contributed by atoms with Gasteiger partial charge in [0.1, 0.15) is 6.33 Å². The van der Waals surface area contributed by atoms with E-state index in [4.69, 9.17) is 0 Å². The highest BCUT2D eigenvalue weighted by Crippen LogP contribution is 2.33. The van der Waals surface area contributed by atoms with Crippen molar-refractivity contribution in [1.82, 2.24) is 15.0 Å². The molecular formula is C26H23N3O. The molecule has 4 rings (SSSR count). The highest BCUT2D eigenvalue weighted by atomic mass is 16.1. The molecule has 0 fully saturated rings. The maximum Gasteiger partial charge on any atom is 0.163 e. The Hall–Kier alpha value is -3.66. The first kappa shape index (κ1) is 19.6. The summed E-state index contributed by atoms with van der Waals surface area (Å²) in [4.78, 5) is 25.5. The molecule has 4 nitrogen and oxygen atoms in total. The van der Waals surface area contributed by atoms with Crippen LogP contribution in [0.3, 0.4) is 0 Å². The Bertz CT molecular complexity index is 1150. The Kier molecular flexibility index (Phi) is 5.75. The van der Waals surface area contributed by atoms with Crippen LogP contribution in [0.1, 0.15) is 45.1 Å². The molecule has 4 heteroatoms. The van der Waals surface area contributed by atoms with Gasteiger partial charge in [-0.25, -0.2) is 9.97 Å². The van der Waals surface area contributed by atoms with Crippen molar-refractivity contribution in [1.29, 1.82) is 0 Å². The first-order chi connectivity index (χ1) is 14.6. The first-order valence-corrected chi connectivity index (χ1v) is 9.98. The Morgan fingerprint density at radius 2 is 1.63 bits per heavy atom. The third kappa shape index (κ3) is 4.33. The maximum absolute atomic E-state index is 13.1. The maximum atomic E-state index is 13.1. The minimum atomic E-state index is -0.0201. The van der Waals surface area contributed by atoms with Crippen LogP contribution in [0.2, 0.25) is 0 Å². The summed E-state index contributed by atoms with van der Waals surface area (Å²) in [6, 6.07) is 20.3. The number of nitrogens with zero attached hydrogens (tertiary/aromatic N) is 3. The van der Waals surface area contributed by atoms with Crippen molar-refractivity contribution < 1.29 is 4.79 Å². The normalized spacial score (nSPS) is 11.8. The summed E-state index contributed by atoms with van der Waals surface area (Å²) in [5, 5.41) is 0. The largest absolute Gasteiger partial charge is 0.294 e. The van der Waals surface area contributed by atoms with Crippen molar-refractivity contribution in [2.24, 2.45) is 0 Å². The highest BCUT2D eigenvalue weighted by molar-refractivity contribution is 5.96. The van der Waals surface area contributed by atoms with Crippen LogP contribution < -0.4 is 0 Å². The third-order valence-electron chi connectivity index (χ3n) is 5.38. The molecule has 0 aliphatic carbocycles. The molecule has 0 bridgehead atoms. The summed E-state index contributed by atoms with van der Waals surface area (Å²) < 4.78 is 0. The second kappa shape index (κ2) is 8.78. The monoisotopic (exact) mass is 393 g/mol. The fraction of sp³-hybridized carbons (Fsp3) is 0.154. The number of carbonyl (C=O) groups excluding carboxylic acids is 1. The third-order valence-corrected chi connectivity index (χ3v) is 5.38. The average molecular weight is 393 g/mol. The van der Waals surface area contributed by atoms with Gasteiger partial charge in [-0.1, -0.05) is 48.5 Å². The lowest BCUT2D eigenvalue weighted by molar-refractivity contribution is 0.0977. The van der Waals surface area contributed by atoms with E-state index in [1.807, 2.05) is 25.1 Å². The molecule has 1 atom stereocenters. The first-order valence-electron chi connectivity index (χ1n) is 9.98. The van der Waals surface area contributed by atoms with Gasteiger partial charge < -0.3 is 0 Å². The Morgan fingerprint density at radius 1 is 0.900 bits per heavy atom. The van der Waals surface area contributed by atoms with Crippen molar-refractivity contribution in [3.63, 3.8) is 0 Å². The van der Waals surface area contributed by atoms with E-state index < -0.39 is 0 Å². The zero-order chi connectivity index (χ0) is 20.9. The van der Waals surface area contributed by atoms with Crippen molar-refractivity contribution >= 4 is 5.78 Å². The molecule has 30 heavy (non-hydrogen) atoms. The number of hydrogen-bond donors (Lipinski definition) is 0. The topological polar surface area (TPSA) is 55.7 Å². The molecule has 4 aromatic rings. The SMILES string of the molecule is Cc1cc(C(=O)C[C@H](c2ccc(-c3cncnc3)cc2)c2ccccc2C)ccn1. The molecule has 0 amide bonds. The number of Topliss-reactive ketones (excluding diaryl/α,β-unsaturated/α-hetero) is 1. The zero-order valence-corrected chi connectivity index (χ0v) is 17.1. The van der Waals surface area contributed by atoms with Crippen LogP contribution in [0.25, 0.3) is 11.1 Å². The van der Waals surface area contributed by atoms with Gasteiger partial charge >= 0.3 is 0 Å². The number of aryl methyl sites for hydroxylation is 2. The number of hydrogen-bond acceptors (Lipinski definition) is 4. The van der Waals surface area contributed by atoms with Crippen molar-refractivity contribution in [3.05, 3.63) is 114 Å². The molecule has 0 saturated heterocycles. The summed E-state index contributed by atoms with van der Waals surface area (Å²) >= 11 is 0. The number of rotatable bonds is 6. The zero-order valence-electron chi connectivity index (χ0n) is 17.1. The Balaban J connectivity index is 1.69. The number of benzene rings is 2. The van der Waals surface area contributed by atoms with E-state index >= 15 is 0 Å². The minimum Gasteiger partial charge on any atom is -0.294 e. The van der Waals surface area contributed by atoms with Crippen molar-refractivity contribution in [2.45, 2.75) is 26.2 Å². The quantitative estimate of drug-likeness (QED) is 0.402. The van der Waals surface area contributed by atoms with Crippen LogP contribution in [-0.2, 0) is 0 Å². The lowest BCUT2D eigenvalue weighted by Gasteiger charge is -2.20. The van der Waals surface area contributed by atoms with Crippen molar-refractivity contribution in [3.8, 4) is 11.1 Å². The van der Waals surface area contributed by atoms with E-state index in [2.05, 4.69) is 58.3 Å². The average Bonchev–Trinajstić information content (AvgIpc) is 2.79. The molecule has 0 unspecified atom stereocenters. The summed E-state index contributed by atoms with van der Waals surface area (Å²) in [6.07, 6.45) is 7.23. The van der Waals surface area contributed by atoms with Gasteiger partial charge in [-0.05, 0) is 48.2 Å². The molecule has 148 valence electrons. The highest BCUT2D eigenvalue weighted by Gasteiger charge is 2.21. The lowest BCUT2D eigenvalue weighted by atomic mass is 9.83. The fourth-order valence-electron chi connectivity index (χ4n) is 3.76. The molecule has 2 heterocycles. The predicted octanol–water partition coefficient (Wildman–Crippen LogP) is 5.56. The van der Waals surface area contributed by atoms with Gasteiger partial charge in [-0.2, -0.15) is 0 Å². The Morgan fingerprint density at radius 3 is 2.33 bits per heavy atom. The molecule has 0 aliphatic heterocycles. The number of ketones is 1. The smallest absolute Gasteiger partial charge is 0.163 e. The van der Waals surface area contributed by atoms with E-state index in [-0.39, 0.29) is 11.7 Å². The van der Waals surface area contributed by atoms with E-state index in [0.29, 0.717) is 12.0 Å². The van der Waals surface area contributed by atoms with Gasteiger partial charge in [-0.15, -0.1) is 0 Å². The summed E-state index contributed by atoms with van der Waals surface area (Å²) in [7, 11) is 0. The second-order valence-corrected chi connectivity index (χ2v) is 7.47. The summed E-state index contributed by atoms with van der Waals surface area (Å²) in [5.74, 6) is 0.0996. The molecule has 0 spiro atoms. The van der Waals surface area contributed by atoms with E-state index in [9.17, 15) is 4.79 Å². The summed E-state index contributed by atoms with van der Waals surface area (Å²) in [6.45, 7) is 4.00. The van der Waals surface area contributed by atoms with Gasteiger partial charge in [0.05, 0.1) is 0 Å². The molecule has 0 saturated carbocycles. The van der Waals surface area contributed by atoms with E-state index in [1.165, 1.54) is 17.5 Å². The molecular weight excluding hydrogens is 370 g/mol. The standard InChI is InChI=1S/C26H23N3O/c1-18-5-3-4-6-24(18)25(14-26(30)22-11-12-29-19(2)13-22)21-9-7-20(8-10-21)23-15-27-17-28-16-23/h3-13,15-17,25H,14H2,1-2H3/t25-/m1/s1. The van der Waals surface area contributed by atoms with Gasteiger partial charge in [0.15, 0.2) is 5.78 Å². The lowest BCUT2D eigenvalue weighted by Crippen LogP contribution is -2.11. The van der Waals surface area contributed by atoms with Gasteiger partial charge in [0.25, 0.3) is 0 Å². The Labute approximate surface area is 176 Å². The second-order valence-electron chi connectivity index (χ2n) is 7.47. The molecule has 0 radical (unpaired) electrons. The van der Waals surface area contributed by atoms with Crippen LogP contribution in [-0.4, -0.2) is 20.7 Å². The van der Waals surface area contributed by atoms with Crippen LogP contribution in [0.5, 0.6) is 0 Å². The summed E-state index contributed by atoms with van der Waals surface area (Å²) in [5.41, 5.74) is 7.05. The molecule has 2 aromatic carbocycles. The van der Waals surface area contributed by atoms with E-state index in [1.54, 1.807) is 24.7 Å². The van der Waals surface area contributed by atoms with Crippen LogP contribution in [0.4, 0.5) is 0 Å².